The van der Waals surface area contributed by atoms with E-state index in [9.17, 15) is 0 Å². The predicted octanol–water partition coefficient (Wildman–Crippen LogP) is 3.86. The van der Waals surface area contributed by atoms with Crippen LogP contribution in [0.3, 0.4) is 0 Å². The maximum absolute atomic E-state index is 5.46. The van der Waals surface area contributed by atoms with Gasteiger partial charge < -0.3 is 15.2 Å². The third-order valence-electron chi connectivity index (χ3n) is 5.22. The van der Waals surface area contributed by atoms with Crippen LogP contribution in [0.5, 0.6) is 0 Å². The average Bonchev–Trinajstić information content (AvgIpc) is 3.30. The number of hydrogen-bond donors (Lipinski definition) is 2. The van der Waals surface area contributed by atoms with Gasteiger partial charge in [-0.15, -0.1) is 0 Å². The van der Waals surface area contributed by atoms with Gasteiger partial charge in [-0.25, -0.2) is 9.67 Å². The molecular weight excluding hydrogens is 376 g/mol. The van der Waals surface area contributed by atoms with Crippen LogP contribution in [0.25, 0.3) is 5.69 Å². The van der Waals surface area contributed by atoms with Crippen molar-refractivity contribution in [3.63, 3.8) is 0 Å². The van der Waals surface area contributed by atoms with Gasteiger partial charge in [-0.2, -0.15) is 5.10 Å². The standard InChI is InChI=1S/C23H32N6O/c1-6-21-20(22(7-2)30-28-21)15-26-23(24-8-3)25-14-19-16(4)27-29(17(19)5)18-12-10-9-11-13-18/h9-13H,6-8,14-15H2,1-5H3,(H2,24,25,26). The van der Waals surface area contributed by atoms with Gasteiger partial charge in [-0.1, -0.05) is 37.2 Å². The SMILES string of the molecule is CCNC(=NCc1c(CC)noc1CC)NCc1c(C)nn(-c2ccccc2)c1C. The van der Waals surface area contributed by atoms with E-state index in [4.69, 9.17) is 14.6 Å². The van der Waals surface area contributed by atoms with E-state index in [2.05, 4.69) is 55.6 Å². The first kappa shape index (κ1) is 21.6. The average molecular weight is 409 g/mol. The fourth-order valence-electron chi connectivity index (χ4n) is 3.54. The summed E-state index contributed by atoms with van der Waals surface area (Å²) in [5.74, 6) is 1.69. The summed E-state index contributed by atoms with van der Waals surface area (Å²) in [5.41, 5.74) is 6.47. The van der Waals surface area contributed by atoms with Crippen molar-refractivity contribution in [3.05, 3.63) is 64.3 Å². The van der Waals surface area contributed by atoms with Crippen LogP contribution in [-0.2, 0) is 25.9 Å². The quantitative estimate of drug-likeness (QED) is 0.437. The Balaban J connectivity index is 1.76. The van der Waals surface area contributed by atoms with Crippen LogP contribution in [0, 0.1) is 13.8 Å². The van der Waals surface area contributed by atoms with E-state index in [1.807, 2.05) is 29.8 Å². The molecule has 2 N–H and O–H groups in total. The van der Waals surface area contributed by atoms with Gasteiger partial charge in [0.1, 0.15) is 5.76 Å². The summed E-state index contributed by atoms with van der Waals surface area (Å²) in [6, 6.07) is 10.2. The summed E-state index contributed by atoms with van der Waals surface area (Å²) in [6.07, 6.45) is 1.66. The van der Waals surface area contributed by atoms with Crippen LogP contribution in [0.4, 0.5) is 0 Å². The predicted molar refractivity (Wildman–Crippen MR) is 120 cm³/mol. The lowest BCUT2D eigenvalue weighted by Gasteiger charge is -2.12. The fourth-order valence-corrected chi connectivity index (χ4v) is 3.54. The molecule has 0 spiro atoms. The smallest absolute Gasteiger partial charge is 0.191 e. The van der Waals surface area contributed by atoms with Gasteiger partial charge in [0.15, 0.2) is 5.96 Å². The van der Waals surface area contributed by atoms with Gasteiger partial charge in [-0.3, -0.25) is 0 Å². The highest BCUT2D eigenvalue weighted by molar-refractivity contribution is 5.79. The minimum Gasteiger partial charge on any atom is -0.361 e. The number of benzene rings is 1. The van der Waals surface area contributed by atoms with Crippen LogP contribution in [0.2, 0.25) is 0 Å². The van der Waals surface area contributed by atoms with Crippen LogP contribution in [-0.4, -0.2) is 27.4 Å². The zero-order valence-corrected chi connectivity index (χ0v) is 18.6. The Morgan fingerprint density at radius 2 is 1.80 bits per heavy atom. The molecule has 30 heavy (non-hydrogen) atoms. The number of aromatic nitrogens is 3. The van der Waals surface area contributed by atoms with E-state index in [0.29, 0.717) is 13.1 Å². The summed E-state index contributed by atoms with van der Waals surface area (Å²) < 4.78 is 7.46. The van der Waals surface area contributed by atoms with Gasteiger partial charge in [0, 0.05) is 36.3 Å². The summed E-state index contributed by atoms with van der Waals surface area (Å²) in [4.78, 5) is 4.78. The molecule has 0 aliphatic rings. The third-order valence-corrected chi connectivity index (χ3v) is 5.22. The molecule has 2 aromatic heterocycles. The number of rotatable bonds is 8. The molecule has 7 heteroatoms. The zero-order chi connectivity index (χ0) is 21.5. The minimum absolute atomic E-state index is 0.548. The number of hydrogen-bond acceptors (Lipinski definition) is 4. The molecule has 0 atom stereocenters. The summed E-state index contributed by atoms with van der Waals surface area (Å²) in [6.45, 7) is 12.4. The number of aliphatic imine (C=N–C) groups is 1. The number of aryl methyl sites for hydroxylation is 3. The van der Waals surface area contributed by atoms with Crippen LogP contribution in [0.15, 0.2) is 39.8 Å². The Kier molecular flexibility index (Phi) is 7.27. The van der Waals surface area contributed by atoms with Crippen molar-refractivity contribution in [1.29, 1.82) is 0 Å². The molecule has 0 radical (unpaired) electrons. The first-order chi connectivity index (χ1) is 14.6. The number of nitrogens with zero attached hydrogens (tertiary/aromatic N) is 4. The Morgan fingerprint density at radius 1 is 1.03 bits per heavy atom. The number of nitrogens with one attached hydrogen (secondary N) is 2. The molecule has 0 saturated carbocycles. The van der Waals surface area contributed by atoms with Gasteiger partial charge in [0.2, 0.25) is 0 Å². The molecule has 160 valence electrons. The van der Waals surface area contributed by atoms with Crippen molar-refractivity contribution >= 4 is 5.96 Å². The van der Waals surface area contributed by atoms with E-state index in [0.717, 1.165) is 59.4 Å². The Hall–Kier alpha value is -3.09. The van der Waals surface area contributed by atoms with Crippen molar-refractivity contribution < 1.29 is 4.52 Å². The second-order valence-electron chi connectivity index (χ2n) is 7.18. The highest BCUT2D eigenvalue weighted by Gasteiger charge is 2.15. The van der Waals surface area contributed by atoms with Gasteiger partial charge in [0.05, 0.1) is 23.6 Å². The van der Waals surface area contributed by atoms with Crippen LogP contribution in [0.1, 0.15) is 54.7 Å². The monoisotopic (exact) mass is 408 g/mol. The molecule has 7 nitrogen and oxygen atoms in total. The van der Waals surface area contributed by atoms with E-state index in [-0.39, 0.29) is 0 Å². The fraction of sp³-hybridized carbons (Fsp3) is 0.435. The van der Waals surface area contributed by atoms with Crippen molar-refractivity contribution in [1.82, 2.24) is 25.6 Å². The normalized spacial score (nSPS) is 11.7. The number of para-hydroxylation sites is 1. The first-order valence-corrected chi connectivity index (χ1v) is 10.7. The second-order valence-corrected chi connectivity index (χ2v) is 7.18. The molecule has 0 aliphatic heterocycles. The highest BCUT2D eigenvalue weighted by atomic mass is 16.5. The topological polar surface area (TPSA) is 80.3 Å². The largest absolute Gasteiger partial charge is 0.361 e. The van der Waals surface area contributed by atoms with Crippen molar-refractivity contribution in [2.24, 2.45) is 4.99 Å². The summed E-state index contributed by atoms with van der Waals surface area (Å²) >= 11 is 0. The molecular formula is C23H32N6O. The van der Waals surface area contributed by atoms with E-state index in [1.165, 1.54) is 5.56 Å². The molecule has 0 bridgehead atoms. The van der Waals surface area contributed by atoms with Gasteiger partial charge in [-0.05, 0) is 39.3 Å². The third kappa shape index (κ3) is 4.72. The molecule has 0 fully saturated rings. The first-order valence-electron chi connectivity index (χ1n) is 10.7. The molecule has 1 aromatic carbocycles. The second kappa shape index (κ2) is 10.1. The molecule has 0 unspecified atom stereocenters. The van der Waals surface area contributed by atoms with Crippen LogP contribution < -0.4 is 10.6 Å². The van der Waals surface area contributed by atoms with Crippen molar-refractivity contribution in [3.8, 4) is 5.69 Å². The Morgan fingerprint density at radius 3 is 2.47 bits per heavy atom. The maximum atomic E-state index is 5.46. The molecule has 2 heterocycles. The van der Waals surface area contributed by atoms with Gasteiger partial charge in [0.25, 0.3) is 0 Å². The van der Waals surface area contributed by atoms with Crippen LogP contribution >= 0.6 is 0 Å². The minimum atomic E-state index is 0.548. The lowest BCUT2D eigenvalue weighted by Crippen LogP contribution is -2.37. The Bertz CT molecular complexity index is 965. The Labute approximate surface area is 178 Å². The molecule has 0 saturated heterocycles. The molecule has 0 amide bonds. The molecule has 3 aromatic rings. The lowest BCUT2D eigenvalue weighted by atomic mass is 10.1. The van der Waals surface area contributed by atoms with Crippen molar-refractivity contribution in [2.45, 2.75) is 60.5 Å². The number of guanidine groups is 1. The van der Waals surface area contributed by atoms with E-state index < -0.39 is 0 Å². The van der Waals surface area contributed by atoms with E-state index >= 15 is 0 Å². The zero-order valence-electron chi connectivity index (χ0n) is 18.6. The summed E-state index contributed by atoms with van der Waals surface area (Å²) in [7, 11) is 0. The lowest BCUT2D eigenvalue weighted by molar-refractivity contribution is 0.380. The highest BCUT2D eigenvalue weighted by Crippen LogP contribution is 2.18. The van der Waals surface area contributed by atoms with Crippen molar-refractivity contribution in [2.75, 3.05) is 6.54 Å². The molecule has 3 rings (SSSR count). The summed E-state index contributed by atoms with van der Waals surface area (Å²) in [5, 5.41) is 15.7. The molecule has 0 aliphatic carbocycles. The van der Waals surface area contributed by atoms with Gasteiger partial charge >= 0.3 is 0 Å². The van der Waals surface area contributed by atoms with E-state index in [1.54, 1.807) is 0 Å². The maximum Gasteiger partial charge on any atom is 0.191 e.